The van der Waals surface area contributed by atoms with Crippen molar-refractivity contribution in [3.8, 4) is 0 Å². The van der Waals surface area contributed by atoms with Crippen molar-refractivity contribution in [3.05, 3.63) is 23.9 Å². The van der Waals surface area contributed by atoms with E-state index in [4.69, 9.17) is 0 Å². The van der Waals surface area contributed by atoms with Crippen LogP contribution in [-0.2, 0) is 9.59 Å². The summed E-state index contributed by atoms with van der Waals surface area (Å²) in [6.45, 7) is 2.32. The quantitative estimate of drug-likeness (QED) is 0.639. The molecule has 0 saturated carbocycles. The average molecular weight is 234 g/mol. The van der Waals surface area contributed by atoms with Crippen molar-refractivity contribution in [1.82, 2.24) is 15.6 Å². The van der Waals surface area contributed by atoms with Crippen LogP contribution in [0.1, 0.15) is 5.69 Å². The van der Waals surface area contributed by atoms with Crippen LogP contribution in [0.5, 0.6) is 0 Å². The zero-order chi connectivity index (χ0) is 12.3. The first-order valence-electron chi connectivity index (χ1n) is 5.40. The molecule has 90 valence electrons. The van der Waals surface area contributed by atoms with E-state index in [2.05, 4.69) is 20.9 Å². The number of carbonyl (C=O) groups is 2. The molecule has 6 nitrogen and oxygen atoms in total. The van der Waals surface area contributed by atoms with E-state index in [1.54, 1.807) is 6.07 Å². The van der Waals surface area contributed by atoms with Crippen LogP contribution in [0.2, 0.25) is 0 Å². The van der Waals surface area contributed by atoms with Crippen molar-refractivity contribution in [2.24, 2.45) is 0 Å². The number of anilines is 1. The van der Waals surface area contributed by atoms with Crippen molar-refractivity contribution in [3.63, 3.8) is 0 Å². The molecule has 2 amide bonds. The van der Waals surface area contributed by atoms with Crippen molar-refractivity contribution in [1.29, 1.82) is 0 Å². The molecule has 3 N–H and O–H groups in total. The Morgan fingerprint density at radius 2 is 2.35 bits per heavy atom. The van der Waals surface area contributed by atoms with Crippen molar-refractivity contribution < 1.29 is 9.59 Å². The molecular formula is C11H14N4O2. The molecule has 6 heteroatoms. The standard InChI is InChI=1S/C11H14N4O2/c1-7-3-2-4-9(14-7)15-11(17)8-5-13-10(16)6-12-8/h2-4,8,12H,5-6H2,1H3,(H,13,16)(H,14,15,17). The zero-order valence-electron chi connectivity index (χ0n) is 9.49. The molecule has 0 radical (unpaired) electrons. The maximum Gasteiger partial charge on any atom is 0.244 e. The molecule has 0 aromatic carbocycles. The molecule has 0 spiro atoms. The normalized spacial score (nSPS) is 19.6. The Bertz CT molecular complexity index is 437. The minimum absolute atomic E-state index is 0.0947. The Hall–Kier alpha value is -1.95. The third-order valence-electron chi connectivity index (χ3n) is 2.47. The van der Waals surface area contributed by atoms with Gasteiger partial charge in [0.1, 0.15) is 11.9 Å². The molecule has 1 aromatic heterocycles. The monoisotopic (exact) mass is 234 g/mol. The lowest BCUT2D eigenvalue weighted by Gasteiger charge is -2.22. The lowest BCUT2D eigenvalue weighted by molar-refractivity contribution is -0.124. The number of amides is 2. The molecule has 1 saturated heterocycles. The Balaban J connectivity index is 1.95. The minimum atomic E-state index is -0.407. The Labute approximate surface area is 98.8 Å². The lowest BCUT2D eigenvalue weighted by Crippen LogP contribution is -2.56. The fourth-order valence-electron chi connectivity index (χ4n) is 1.58. The lowest BCUT2D eigenvalue weighted by atomic mass is 10.2. The van der Waals surface area contributed by atoms with Gasteiger partial charge in [-0.25, -0.2) is 4.98 Å². The van der Waals surface area contributed by atoms with E-state index in [9.17, 15) is 9.59 Å². The van der Waals surface area contributed by atoms with E-state index < -0.39 is 6.04 Å². The summed E-state index contributed by atoms with van der Waals surface area (Å²) in [7, 11) is 0. The van der Waals surface area contributed by atoms with Gasteiger partial charge in [-0.05, 0) is 19.1 Å². The highest BCUT2D eigenvalue weighted by atomic mass is 16.2. The Morgan fingerprint density at radius 3 is 3.00 bits per heavy atom. The van der Waals surface area contributed by atoms with Gasteiger partial charge in [0, 0.05) is 12.2 Å². The van der Waals surface area contributed by atoms with Gasteiger partial charge in [0.15, 0.2) is 0 Å². The topological polar surface area (TPSA) is 83.1 Å². The summed E-state index contributed by atoms with van der Waals surface area (Å²) < 4.78 is 0. The number of rotatable bonds is 2. The number of hydrogen-bond acceptors (Lipinski definition) is 4. The minimum Gasteiger partial charge on any atom is -0.353 e. The second-order valence-corrected chi connectivity index (χ2v) is 3.89. The van der Waals surface area contributed by atoms with Gasteiger partial charge in [-0.3, -0.25) is 14.9 Å². The first-order chi connectivity index (χ1) is 8.15. The molecule has 1 unspecified atom stereocenters. The van der Waals surface area contributed by atoms with E-state index in [-0.39, 0.29) is 18.4 Å². The fourth-order valence-corrected chi connectivity index (χ4v) is 1.58. The number of aryl methyl sites for hydroxylation is 1. The SMILES string of the molecule is Cc1cccc(NC(=O)C2CNC(=O)CN2)n1. The van der Waals surface area contributed by atoms with Crippen LogP contribution in [0.25, 0.3) is 0 Å². The smallest absolute Gasteiger partial charge is 0.244 e. The van der Waals surface area contributed by atoms with Crippen LogP contribution in [-0.4, -0.2) is 35.9 Å². The number of nitrogens with one attached hydrogen (secondary N) is 3. The predicted molar refractivity (Wildman–Crippen MR) is 62.4 cm³/mol. The van der Waals surface area contributed by atoms with Crippen molar-refractivity contribution >= 4 is 17.6 Å². The van der Waals surface area contributed by atoms with Crippen LogP contribution in [0, 0.1) is 6.92 Å². The molecule has 0 bridgehead atoms. The summed E-state index contributed by atoms with van der Waals surface area (Å²) in [5.74, 6) is 0.236. The van der Waals surface area contributed by atoms with Crippen LogP contribution in [0.4, 0.5) is 5.82 Å². The third kappa shape index (κ3) is 3.01. The first-order valence-corrected chi connectivity index (χ1v) is 5.40. The van der Waals surface area contributed by atoms with Gasteiger partial charge in [-0.15, -0.1) is 0 Å². The maximum atomic E-state index is 11.8. The Morgan fingerprint density at radius 1 is 1.53 bits per heavy atom. The van der Waals surface area contributed by atoms with E-state index in [1.165, 1.54) is 0 Å². The molecule has 1 atom stereocenters. The molecular weight excluding hydrogens is 220 g/mol. The third-order valence-corrected chi connectivity index (χ3v) is 2.47. The summed E-state index contributed by atoms with van der Waals surface area (Å²) in [4.78, 5) is 26.9. The highest BCUT2D eigenvalue weighted by molar-refractivity contribution is 5.95. The summed E-state index contributed by atoms with van der Waals surface area (Å²) in [6, 6.07) is 5.00. The van der Waals surface area contributed by atoms with E-state index in [1.807, 2.05) is 19.1 Å². The van der Waals surface area contributed by atoms with Crippen molar-refractivity contribution in [2.75, 3.05) is 18.4 Å². The molecule has 1 fully saturated rings. The highest BCUT2D eigenvalue weighted by Crippen LogP contribution is 2.04. The molecule has 1 aliphatic rings. The zero-order valence-corrected chi connectivity index (χ0v) is 9.49. The summed E-state index contributed by atoms with van der Waals surface area (Å²) in [5, 5.41) is 8.18. The largest absolute Gasteiger partial charge is 0.353 e. The van der Waals surface area contributed by atoms with Gasteiger partial charge in [0.2, 0.25) is 11.8 Å². The number of nitrogens with zero attached hydrogens (tertiary/aromatic N) is 1. The Kier molecular flexibility index (Phi) is 3.34. The number of pyridine rings is 1. The highest BCUT2D eigenvalue weighted by Gasteiger charge is 2.23. The van der Waals surface area contributed by atoms with Gasteiger partial charge in [0.05, 0.1) is 6.54 Å². The second-order valence-electron chi connectivity index (χ2n) is 3.89. The molecule has 17 heavy (non-hydrogen) atoms. The summed E-state index contributed by atoms with van der Waals surface area (Å²) >= 11 is 0. The molecule has 2 heterocycles. The van der Waals surface area contributed by atoms with Crippen LogP contribution >= 0.6 is 0 Å². The number of hydrogen-bond donors (Lipinski definition) is 3. The van der Waals surface area contributed by atoms with Gasteiger partial charge in [-0.1, -0.05) is 6.07 Å². The van der Waals surface area contributed by atoms with Gasteiger partial charge >= 0.3 is 0 Å². The van der Waals surface area contributed by atoms with Crippen LogP contribution in [0.3, 0.4) is 0 Å². The number of piperazine rings is 1. The molecule has 2 rings (SSSR count). The summed E-state index contributed by atoms with van der Waals surface area (Å²) in [6.07, 6.45) is 0. The predicted octanol–water partition coefficient (Wildman–Crippen LogP) is -0.583. The first kappa shape index (κ1) is 11.5. The second kappa shape index (κ2) is 4.92. The fraction of sp³-hybridized carbons (Fsp3) is 0.364. The number of aromatic nitrogens is 1. The van der Waals surface area contributed by atoms with Gasteiger partial charge in [0.25, 0.3) is 0 Å². The maximum absolute atomic E-state index is 11.8. The average Bonchev–Trinajstić information content (AvgIpc) is 2.29. The molecule has 0 aliphatic carbocycles. The van der Waals surface area contributed by atoms with E-state index in [0.717, 1.165) is 5.69 Å². The summed E-state index contributed by atoms with van der Waals surface area (Å²) in [5.41, 5.74) is 0.840. The van der Waals surface area contributed by atoms with Crippen molar-refractivity contribution in [2.45, 2.75) is 13.0 Å². The van der Waals surface area contributed by atoms with E-state index >= 15 is 0 Å². The molecule has 1 aromatic rings. The van der Waals surface area contributed by atoms with Gasteiger partial charge < -0.3 is 10.6 Å². The van der Waals surface area contributed by atoms with E-state index in [0.29, 0.717) is 12.4 Å². The molecule has 1 aliphatic heterocycles. The number of carbonyl (C=O) groups excluding carboxylic acids is 2. The van der Waals surface area contributed by atoms with Gasteiger partial charge in [-0.2, -0.15) is 0 Å². The van der Waals surface area contributed by atoms with Crippen LogP contribution in [0.15, 0.2) is 18.2 Å². The van der Waals surface area contributed by atoms with Crippen LogP contribution < -0.4 is 16.0 Å².